The zero-order valence-electron chi connectivity index (χ0n) is 17.0. The molecule has 0 saturated carbocycles. The summed E-state index contributed by atoms with van der Waals surface area (Å²) in [5.74, 6) is 0.334. The van der Waals surface area contributed by atoms with E-state index < -0.39 is 11.8 Å². The Morgan fingerprint density at radius 2 is 1.55 bits per heavy atom. The van der Waals surface area contributed by atoms with Crippen LogP contribution in [0.25, 0.3) is 0 Å². The first-order chi connectivity index (χ1) is 15.2. The molecule has 8 heteroatoms. The first-order valence-electron chi connectivity index (χ1n) is 9.72. The lowest BCUT2D eigenvalue weighted by Gasteiger charge is -2.11. The minimum Gasteiger partial charge on any atom is -0.489 e. The molecule has 0 atom stereocenters. The fraction of sp³-hybridized carbons (Fsp3) is 0.174. The van der Waals surface area contributed by atoms with Gasteiger partial charge in [0.1, 0.15) is 23.7 Å². The predicted octanol–water partition coefficient (Wildman–Crippen LogP) is 2.90. The number of amides is 2. The molecular weight excluding hydrogens is 398 g/mol. The monoisotopic (exact) mass is 421 g/mol. The van der Waals surface area contributed by atoms with E-state index in [0.29, 0.717) is 24.7 Å². The number of hydrogen-bond donors (Lipinski definition) is 2. The van der Waals surface area contributed by atoms with Crippen LogP contribution >= 0.6 is 0 Å². The van der Waals surface area contributed by atoms with Crippen molar-refractivity contribution in [3.8, 4) is 17.4 Å². The summed E-state index contributed by atoms with van der Waals surface area (Å²) in [7, 11) is 0. The van der Waals surface area contributed by atoms with Crippen LogP contribution in [0.15, 0.2) is 72.9 Å². The van der Waals surface area contributed by atoms with Gasteiger partial charge in [0, 0.05) is 6.20 Å². The number of hydrazine groups is 1. The lowest BCUT2D eigenvalue weighted by Crippen LogP contribution is -2.44. The van der Waals surface area contributed by atoms with E-state index in [9.17, 15) is 9.59 Å². The first-order valence-corrected chi connectivity index (χ1v) is 9.72. The van der Waals surface area contributed by atoms with Crippen LogP contribution in [0.5, 0.6) is 17.4 Å². The van der Waals surface area contributed by atoms with Gasteiger partial charge in [-0.3, -0.25) is 20.4 Å². The third-order valence-electron chi connectivity index (χ3n) is 4.05. The molecule has 3 rings (SSSR count). The van der Waals surface area contributed by atoms with Crippen LogP contribution in [0.4, 0.5) is 0 Å². The molecule has 0 aliphatic carbocycles. The average Bonchev–Trinajstić information content (AvgIpc) is 2.82. The minimum absolute atomic E-state index is 0.197. The molecule has 31 heavy (non-hydrogen) atoms. The largest absolute Gasteiger partial charge is 0.489 e. The molecule has 2 N–H and O–H groups in total. The van der Waals surface area contributed by atoms with Gasteiger partial charge in [-0.15, -0.1) is 0 Å². The van der Waals surface area contributed by atoms with Crippen molar-refractivity contribution in [2.24, 2.45) is 0 Å². The summed E-state index contributed by atoms with van der Waals surface area (Å²) in [6.07, 6.45) is 1.52. The van der Waals surface area contributed by atoms with E-state index in [1.165, 1.54) is 6.20 Å². The number of rotatable bonds is 9. The molecule has 8 nitrogen and oxygen atoms in total. The summed E-state index contributed by atoms with van der Waals surface area (Å²) >= 11 is 0. The van der Waals surface area contributed by atoms with Crippen molar-refractivity contribution in [2.75, 3.05) is 13.2 Å². The van der Waals surface area contributed by atoms with Crippen LogP contribution in [0.2, 0.25) is 0 Å². The van der Waals surface area contributed by atoms with E-state index in [0.717, 1.165) is 5.56 Å². The summed E-state index contributed by atoms with van der Waals surface area (Å²) in [5.41, 5.74) is 5.91. The molecule has 0 unspecified atom stereocenters. The third kappa shape index (κ3) is 6.74. The molecule has 0 aliphatic heterocycles. The summed E-state index contributed by atoms with van der Waals surface area (Å²) < 4.78 is 16.4. The molecule has 2 aromatic carbocycles. The third-order valence-corrected chi connectivity index (χ3v) is 4.05. The molecular formula is C23H23N3O5. The number of nitrogens with one attached hydrogen (secondary N) is 2. The highest BCUT2D eigenvalue weighted by Gasteiger charge is 2.14. The van der Waals surface area contributed by atoms with Gasteiger partial charge in [-0.05, 0) is 48.9 Å². The quantitative estimate of drug-likeness (QED) is 0.516. The van der Waals surface area contributed by atoms with Gasteiger partial charge in [0.05, 0.1) is 6.61 Å². The van der Waals surface area contributed by atoms with Gasteiger partial charge in [-0.1, -0.05) is 30.3 Å². The maximum absolute atomic E-state index is 12.2. The molecule has 0 spiro atoms. The van der Waals surface area contributed by atoms with E-state index in [1.807, 2.05) is 30.3 Å². The second kappa shape index (κ2) is 11.2. The van der Waals surface area contributed by atoms with Gasteiger partial charge < -0.3 is 14.2 Å². The zero-order valence-corrected chi connectivity index (χ0v) is 17.0. The normalized spacial score (nSPS) is 10.1. The van der Waals surface area contributed by atoms with Gasteiger partial charge in [0.25, 0.3) is 11.8 Å². The zero-order chi connectivity index (χ0) is 21.9. The summed E-state index contributed by atoms with van der Waals surface area (Å²) in [4.78, 5) is 28.2. The van der Waals surface area contributed by atoms with Crippen molar-refractivity contribution in [3.63, 3.8) is 0 Å². The summed E-state index contributed by atoms with van der Waals surface area (Å²) in [5, 5.41) is 0. The Morgan fingerprint density at radius 1 is 0.839 bits per heavy atom. The number of aromatic nitrogens is 1. The highest BCUT2D eigenvalue weighted by atomic mass is 16.5. The molecule has 1 aromatic heterocycles. The Balaban J connectivity index is 1.42. The first kappa shape index (κ1) is 21.6. The van der Waals surface area contributed by atoms with E-state index in [4.69, 9.17) is 14.2 Å². The SMILES string of the molecule is CCOc1ncccc1C(=O)NNC(=O)COc1ccc(OCc2ccccc2)cc1. The summed E-state index contributed by atoms with van der Waals surface area (Å²) in [6, 6.07) is 19.9. The van der Waals surface area contributed by atoms with E-state index in [2.05, 4.69) is 15.8 Å². The smallest absolute Gasteiger partial charge is 0.276 e. The maximum Gasteiger partial charge on any atom is 0.276 e. The number of hydrogen-bond acceptors (Lipinski definition) is 6. The van der Waals surface area contributed by atoms with Crippen LogP contribution in [0.1, 0.15) is 22.8 Å². The predicted molar refractivity (Wildman–Crippen MR) is 114 cm³/mol. The Morgan fingerprint density at radius 3 is 2.26 bits per heavy atom. The van der Waals surface area contributed by atoms with E-state index in [-0.39, 0.29) is 18.1 Å². The van der Waals surface area contributed by atoms with Gasteiger partial charge >= 0.3 is 0 Å². The molecule has 3 aromatic rings. The fourth-order valence-corrected chi connectivity index (χ4v) is 2.57. The lowest BCUT2D eigenvalue weighted by atomic mass is 10.2. The molecule has 0 fully saturated rings. The van der Waals surface area contributed by atoms with Gasteiger partial charge in [0.15, 0.2) is 6.61 Å². The Bertz CT molecular complexity index is 994. The molecule has 1 heterocycles. The number of ether oxygens (including phenoxy) is 3. The topological polar surface area (TPSA) is 98.8 Å². The van der Waals surface area contributed by atoms with Crippen LogP contribution in [0, 0.1) is 0 Å². The molecule has 0 radical (unpaired) electrons. The lowest BCUT2D eigenvalue weighted by molar-refractivity contribution is -0.123. The van der Waals surface area contributed by atoms with Crippen LogP contribution in [0.3, 0.4) is 0 Å². The highest BCUT2D eigenvalue weighted by molar-refractivity contribution is 5.97. The van der Waals surface area contributed by atoms with Crippen molar-refractivity contribution in [3.05, 3.63) is 84.1 Å². The van der Waals surface area contributed by atoms with Crippen molar-refractivity contribution in [1.82, 2.24) is 15.8 Å². The fourth-order valence-electron chi connectivity index (χ4n) is 2.57. The van der Waals surface area contributed by atoms with Crippen molar-refractivity contribution in [1.29, 1.82) is 0 Å². The molecule has 160 valence electrons. The number of nitrogens with zero attached hydrogens (tertiary/aromatic N) is 1. The van der Waals surface area contributed by atoms with Crippen LogP contribution in [-0.2, 0) is 11.4 Å². The van der Waals surface area contributed by atoms with Crippen molar-refractivity contribution in [2.45, 2.75) is 13.5 Å². The minimum atomic E-state index is -0.537. The Kier molecular flexibility index (Phi) is 7.82. The second-order valence-electron chi connectivity index (χ2n) is 6.33. The highest BCUT2D eigenvalue weighted by Crippen LogP contribution is 2.18. The Hall–Kier alpha value is -4.07. The second-order valence-corrected chi connectivity index (χ2v) is 6.33. The standard InChI is InChI=1S/C23H23N3O5/c1-2-29-23-20(9-6-14-24-23)22(28)26-25-21(27)16-31-19-12-10-18(11-13-19)30-15-17-7-4-3-5-8-17/h3-14H,2,15-16H2,1H3,(H,25,27)(H,26,28). The van der Waals surface area contributed by atoms with E-state index >= 15 is 0 Å². The summed E-state index contributed by atoms with van der Waals surface area (Å²) in [6.45, 7) is 2.35. The van der Waals surface area contributed by atoms with Crippen molar-refractivity contribution >= 4 is 11.8 Å². The number of carbonyl (C=O) groups is 2. The molecule has 0 aliphatic rings. The molecule has 0 saturated heterocycles. The Labute approximate surface area is 180 Å². The maximum atomic E-state index is 12.2. The number of carbonyl (C=O) groups excluding carboxylic acids is 2. The average molecular weight is 421 g/mol. The van der Waals surface area contributed by atoms with Gasteiger partial charge in [-0.2, -0.15) is 0 Å². The number of benzene rings is 2. The van der Waals surface area contributed by atoms with Gasteiger partial charge in [-0.25, -0.2) is 4.98 Å². The van der Waals surface area contributed by atoms with Crippen LogP contribution in [-0.4, -0.2) is 30.0 Å². The van der Waals surface area contributed by atoms with Gasteiger partial charge in [0.2, 0.25) is 5.88 Å². The molecule has 0 bridgehead atoms. The van der Waals surface area contributed by atoms with Crippen LogP contribution < -0.4 is 25.1 Å². The number of pyridine rings is 1. The van der Waals surface area contributed by atoms with Crippen molar-refractivity contribution < 1.29 is 23.8 Å². The molecule has 2 amide bonds. The van der Waals surface area contributed by atoms with E-state index in [1.54, 1.807) is 43.3 Å².